The van der Waals surface area contributed by atoms with Gasteiger partial charge in [-0.2, -0.15) is 0 Å². The number of hydrogen-bond acceptors (Lipinski definition) is 2. The lowest BCUT2D eigenvalue weighted by Gasteiger charge is -2.20. The number of nitrogens with one attached hydrogen (secondary N) is 1. The van der Waals surface area contributed by atoms with E-state index in [1.807, 2.05) is 0 Å². The quantitative estimate of drug-likeness (QED) is 0.850. The molecule has 5 heteroatoms. The van der Waals surface area contributed by atoms with E-state index in [1.54, 1.807) is 26.0 Å². The van der Waals surface area contributed by atoms with Gasteiger partial charge in [-0.25, -0.2) is 4.39 Å². The lowest BCUT2D eigenvalue weighted by Crippen LogP contribution is -2.40. The van der Waals surface area contributed by atoms with E-state index < -0.39 is 17.1 Å². The van der Waals surface area contributed by atoms with Crippen molar-refractivity contribution in [2.24, 2.45) is 11.1 Å². The number of rotatable bonds is 5. The van der Waals surface area contributed by atoms with E-state index in [1.165, 1.54) is 6.07 Å². The molecular formula is C12H16ClFN2O. The van der Waals surface area contributed by atoms with E-state index in [4.69, 9.17) is 17.3 Å². The molecule has 0 heterocycles. The normalized spacial score (nSPS) is 11.5. The van der Waals surface area contributed by atoms with Gasteiger partial charge in [-0.05, 0) is 19.9 Å². The van der Waals surface area contributed by atoms with Crippen LogP contribution in [0.25, 0.3) is 0 Å². The van der Waals surface area contributed by atoms with Crippen molar-refractivity contribution in [1.82, 2.24) is 5.32 Å². The zero-order valence-electron chi connectivity index (χ0n) is 9.89. The molecule has 0 fully saturated rings. The number of primary amides is 1. The molecule has 0 radical (unpaired) electrons. The third kappa shape index (κ3) is 3.68. The van der Waals surface area contributed by atoms with E-state index in [-0.39, 0.29) is 5.02 Å². The van der Waals surface area contributed by atoms with Crippen molar-refractivity contribution in [3.05, 3.63) is 34.6 Å². The van der Waals surface area contributed by atoms with Crippen LogP contribution in [0.3, 0.4) is 0 Å². The zero-order valence-corrected chi connectivity index (χ0v) is 10.6. The lowest BCUT2D eigenvalue weighted by atomic mass is 9.93. The maximum absolute atomic E-state index is 13.5. The first kappa shape index (κ1) is 13.9. The molecule has 94 valence electrons. The molecule has 1 aromatic carbocycles. The summed E-state index contributed by atoms with van der Waals surface area (Å²) in [5.74, 6) is -0.824. The SMILES string of the molecule is CC(C)(CNCc1cccc(Cl)c1F)C(N)=O. The first-order valence-corrected chi connectivity index (χ1v) is 5.66. The van der Waals surface area contributed by atoms with Crippen LogP contribution in [0.2, 0.25) is 5.02 Å². The summed E-state index contributed by atoms with van der Waals surface area (Å²) in [7, 11) is 0. The van der Waals surface area contributed by atoms with Crippen molar-refractivity contribution in [2.75, 3.05) is 6.54 Å². The number of benzene rings is 1. The van der Waals surface area contributed by atoms with Gasteiger partial charge < -0.3 is 11.1 Å². The highest BCUT2D eigenvalue weighted by Crippen LogP contribution is 2.18. The summed E-state index contributed by atoms with van der Waals surface area (Å²) in [4.78, 5) is 11.1. The average Bonchev–Trinajstić information content (AvgIpc) is 2.24. The van der Waals surface area contributed by atoms with Gasteiger partial charge in [0.25, 0.3) is 0 Å². The molecule has 17 heavy (non-hydrogen) atoms. The van der Waals surface area contributed by atoms with Crippen molar-refractivity contribution >= 4 is 17.5 Å². The van der Waals surface area contributed by atoms with Gasteiger partial charge in [0.05, 0.1) is 10.4 Å². The third-order valence-electron chi connectivity index (χ3n) is 2.58. The Morgan fingerprint density at radius 1 is 1.53 bits per heavy atom. The van der Waals surface area contributed by atoms with Crippen LogP contribution in [0.5, 0.6) is 0 Å². The summed E-state index contributed by atoms with van der Waals surface area (Å²) in [6.45, 7) is 4.16. The second kappa shape index (κ2) is 5.47. The molecule has 0 aliphatic heterocycles. The molecule has 3 N–H and O–H groups in total. The minimum absolute atomic E-state index is 0.0958. The van der Waals surface area contributed by atoms with Crippen molar-refractivity contribution in [2.45, 2.75) is 20.4 Å². The Hall–Kier alpha value is -1.13. The average molecular weight is 259 g/mol. The maximum atomic E-state index is 13.5. The molecule has 1 rings (SSSR count). The molecule has 0 saturated heterocycles. The predicted molar refractivity (Wildman–Crippen MR) is 66.1 cm³/mol. The van der Waals surface area contributed by atoms with Crippen LogP contribution < -0.4 is 11.1 Å². The summed E-state index contributed by atoms with van der Waals surface area (Å²) in [6.07, 6.45) is 0. The number of halogens is 2. The third-order valence-corrected chi connectivity index (χ3v) is 2.87. The minimum Gasteiger partial charge on any atom is -0.369 e. The van der Waals surface area contributed by atoms with E-state index in [9.17, 15) is 9.18 Å². The smallest absolute Gasteiger partial charge is 0.224 e. The Kier molecular flexibility index (Phi) is 4.48. The van der Waals surface area contributed by atoms with Gasteiger partial charge in [-0.15, -0.1) is 0 Å². The summed E-state index contributed by atoms with van der Waals surface area (Å²) in [6, 6.07) is 4.82. The second-order valence-electron chi connectivity index (χ2n) is 4.56. The Morgan fingerprint density at radius 2 is 2.18 bits per heavy atom. The van der Waals surface area contributed by atoms with Crippen LogP contribution in [0.1, 0.15) is 19.4 Å². The van der Waals surface area contributed by atoms with Gasteiger partial charge in [0.15, 0.2) is 0 Å². The second-order valence-corrected chi connectivity index (χ2v) is 4.97. The Balaban J connectivity index is 2.58. The molecule has 0 saturated carbocycles. The topological polar surface area (TPSA) is 55.1 Å². The van der Waals surface area contributed by atoms with Gasteiger partial charge in [-0.1, -0.05) is 23.7 Å². The van der Waals surface area contributed by atoms with E-state index in [2.05, 4.69) is 5.32 Å². The molecule has 3 nitrogen and oxygen atoms in total. The highest BCUT2D eigenvalue weighted by Gasteiger charge is 2.24. The van der Waals surface area contributed by atoms with Crippen LogP contribution >= 0.6 is 11.6 Å². The van der Waals surface area contributed by atoms with Crippen LogP contribution in [-0.4, -0.2) is 12.5 Å². The van der Waals surface area contributed by atoms with Crippen molar-refractivity contribution in [1.29, 1.82) is 0 Å². The van der Waals surface area contributed by atoms with Crippen molar-refractivity contribution < 1.29 is 9.18 Å². The zero-order chi connectivity index (χ0) is 13.1. The maximum Gasteiger partial charge on any atom is 0.224 e. The standard InChI is InChI=1S/C12H16ClFN2O/c1-12(2,11(15)17)7-16-6-8-4-3-5-9(13)10(8)14/h3-5,16H,6-7H2,1-2H3,(H2,15,17). The monoisotopic (exact) mass is 258 g/mol. The molecule has 0 aliphatic carbocycles. The Bertz CT molecular complexity index is 421. The van der Waals surface area contributed by atoms with E-state index >= 15 is 0 Å². The predicted octanol–water partition coefficient (Wildman–Crippen LogP) is 2.08. The van der Waals surface area contributed by atoms with E-state index in [0.29, 0.717) is 18.7 Å². The molecule has 0 spiro atoms. The highest BCUT2D eigenvalue weighted by atomic mass is 35.5. The molecule has 1 aromatic rings. The molecule has 0 bridgehead atoms. The van der Waals surface area contributed by atoms with Crippen molar-refractivity contribution in [3.63, 3.8) is 0 Å². The summed E-state index contributed by atoms with van der Waals surface area (Å²) >= 11 is 5.66. The van der Waals surface area contributed by atoms with E-state index in [0.717, 1.165) is 0 Å². The molecule has 1 amide bonds. The van der Waals surface area contributed by atoms with Gasteiger partial charge in [-0.3, -0.25) is 4.79 Å². The fraction of sp³-hybridized carbons (Fsp3) is 0.417. The van der Waals surface area contributed by atoms with Crippen LogP contribution in [-0.2, 0) is 11.3 Å². The molecular weight excluding hydrogens is 243 g/mol. The number of amides is 1. The lowest BCUT2D eigenvalue weighted by molar-refractivity contribution is -0.125. The van der Waals surface area contributed by atoms with Gasteiger partial charge >= 0.3 is 0 Å². The van der Waals surface area contributed by atoms with Crippen molar-refractivity contribution in [3.8, 4) is 0 Å². The molecule has 0 aliphatic rings. The molecule has 0 aromatic heterocycles. The Morgan fingerprint density at radius 3 is 2.76 bits per heavy atom. The fourth-order valence-corrected chi connectivity index (χ4v) is 1.48. The fourth-order valence-electron chi connectivity index (χ4n) is 1.28. The van der Waals surface area contributed by atoms with Gasteiger partial charge in [0, 0.05) is 18.7 Å². The van der Waals surface area contributed by atoms with Gasteiger partial charge in [0.1, 0.15) is 5.82 Å². The van der Waals surface area contributed by atoms with Crippen LogP contribution in [0, 0.1) is 11.2 Å². The number of carbonyl (C=O) groups excluding carboxylic acids is 1. The number of nitrogens with two attached hydrogens (primary N) is 1. The number of hydrogen-bond donors (Lipinski definition) is 2. The largest absolute Gasteiger partial charge is 0.369 e. The number of carbonyl (C=O) groups is 1. The Labute approximate surface area is 105 Å². The first-order chi connectivity index (χ1) is 7.84. The summed E-state index contributed by atoms with van der Waals surface area (Å²) < 4.78 is 13.5. The molecule has 0 unspecified atom stereocenters. The van der Waals surface area contributed by atoms with Crippen LogP contribution in [0.15, 0.2) is 18.2 Å². The first-order valence-electron chi connectivity index (χ1n) is 5.28. The summed E-state index contributed by atoms with van der Waals surface area (Å²) in [5, 5.41) is 3.09. The van der Waals surface area contributed by atoms with Crippen LogP contribution in [0.4, 0.5) is 4.39 Å². The highest BCUT2D eigenvalue weighted by molar-refractivity contribution is 6.30. The summed E-state index contributed by atoms with van der Waals surface area (Å²) in [5.41, 5.74) is 5.04. The molecule has 0 atom stereocenters. The minimum atomic E-state index is -0.658. The van der Waals surface area contributed by atoms with Gasteiger partial charge in [0.2, 0.25) is 5.91 Å².